The Labute approximate surface area is 108 Å². The maximum atomic E-state index is 11.6. The van der Waals surface area contributed by atoms with E-state index in [0.717, 1.165) is 6.42 Å². The number of hydrogen-bond donors (Lipinski definition) is 1. The van der Waals surface area contributed by atoms with Crippen LogP contribution in [-0.4, -0.2) is 24.8 Å². The van der Waals surface area contributed by atoms with Crippen molar-refractivity contribution in [2.75, 3.05) is 13.7 Å². The van der Waals surface area contributed by atoms with Crippen LogP contribution in [0.1, 0.15) is 12.5 Å². The molecule has 18 heavy (non-hydrogen) atoms. The fourth-order valence-corrected chi connectivity index (χ4v) is 2.96. The number of aliphatic hydroxyl groups excluding tert-OH is 1. The standard InChI is InChI=1S/C15H20O3/c1-10-12(8-11-6-4-3-5-7-11)14(10)13(9-16)15(17)18-2/h3-7,10,12-14,16H,8-9H2,1-2H3/t10?,12?,13-,14?/m0/s1. The van der Waals surface area contributed by atoms with Crippen molar-refractivity contribution >= 4 is 5.97 Å². The molecule has 98 valence electrons. The normalized spacial score (nSPS) is 27.6. The zero-order valence-electron chi connectivity index (χ0n) is 10.9. The van der Waals surface area contributed by atoms with Crippen LogP contribution in [0.15, 0.2) is 30.3 Å². The first kappa shape index (κ1) is 13.1. The van der Waals surface area contributed by atoms with E-state index in [4.69, 9.17) is 4.74 Å². The third-order valence-electron chi connectivity index (χ3n) is 4.12. The fourth-order valence-electron chi connectivity index (χ4n) is 2.96. The van der Waals surface area contributed by atoms with Gasteiger partial charge >= 0.3 is 5.97 Å². The average molecular weight is 248 g/mol. The summed E-state index contributed by atoms with van der Waals surface area (Å²) in [7, 11) is 1.38. The summed E-state index contributed by atoms with van der Waals surface area (Å²) < 4.78 is 4.75. The summed E-state index contributed by atoms with van der Waals surface area (Å²) in [6.45, 7) is 2.02. The van der Waals surface area contributed by atoms with Crippen molar-refractivity contribution in [2.45, 2.75) is 13.3 Å². The summed E-state index contributed by atoms with van der Waals surface area (Å²) in [5, 5.41) is 9.34. The third-order valence-corrected chi connectivity index (χ3v) is 4.12. The highest BCUT2D eigenvalue weighted by Gasteiger charge is 2.52. The highest BCUT2D eigenvalue weighted by molar-refractivity contribution is 5.73. The number of carbonyl (C=O) groups excluding carboxylic acids is 1. The van der Waals surface area contributed by atoms with E-state index in [1.165, 1.54) is 12.7 Å². The minimum Gasteiger partial charge on any atom is -0.469 e. The Morgan fingerprint density at radius 1 is 1.39 bits per heavy atom. The van der Waals surface area contributed by atoms with Gasteiger partial charge < -0.3 is 9.84 Å². The van der Waals surface area contributed by atoms with Gasteiger partial charge in [-0.2, -0.15) is 0 Å². The van der Waals surface area contributed by atoms with Crippen molar-refractivity contribution in [3.05, 3.63) is 35.9 Å². The second kappa shape index (κ2) is 5.53. The van der Waals surface area contributed by atoms with Crippen molar-refractivity contribution in [3.8, 4) is 0 Å². The topological polar surface area (TPSA) is 46.5 Å². The molecular weight excluding hydrogens is 228 g/mol. The molecule has 4 atom stereocenters. The summed E-state index contributed by atoms with van der Waals surface area (Å²) in [6.07, 6.45) is 0.972. The average Bonchev–Trinajstić information content (AvgIpc) is 3.02. The van der Waals surface area contributed by atoms with Gasteiger partial charge in [0.1, 0.15) is 0 Å². The molecule has 1 aliphatic rings. The van der Waals surface area contributed by atoms with Gasteiger partial charge in [-0.1, -0.05) is 37.3 Å². The minimum atomic E-state index is -0.362. The van der Waals surface area contributed by atoms with Gasteiger partial charge in [0.15, 0.2) is 0 Å². The molecule has 1 fully saturated rings. The highest BCUT2D eigenvalue weighted by atomic mass is 16.5. The lowest BCUT2D eigenvalue weighted by Gasteiger charge is -2.11. The number of aliphatic hydroxyl groups is 1. The predicted molar refractivity (Wildman–Crippen MR) is 68.9 cm³/mol. The molecule has 0 heterocycles. The fraction of sp³-hybridized carbons (Fsp3) is 0.533. The number of benzene rings is 1. The van der Waals surface area contributed by atoms with E-state index >= 15 is 0 Å². The molecule has 3 unspecified atom stereocenters. The highest BCUT2D eigenvalue weighted by Crippen LogP contribution is 2.52. The molecule has 1 N–H and O–H groups in total. The third kappa shape index (κ3) is 2.56. The SMILES string of the molecule is COC(=O)[C@@H](CO)C1C(C)C1Cc1ccccc1. The van der Waals surface area contributed by atoms with Crippen LogP contribution >= 0.6 is 0 Å². The van der Waals surface area contributed by atoms with E-state index in [9.17, 15) is 9.90 Å². The predicted octanol–water partition coefficient (Wildman–Crippen LogP) is 1.89. The van der Waals surface area contributed by atoms with Crippen LogP contribution in [0, 0.1) is 23.7 Å². The number of esters is 1. The molecule has 0 aliphatic heterocycles. The number of carbonyl (C=O) groups is 1. The van der Waals surface area contributed by atoms with E-state index in [2.05, 4.69) is 19.1 Å². The molecule has 1 saturated carbocycles. The molecule has 3 nitrogen and oxygen atoms in total. The van der Waals surface area contributed by atoms with E-state index in [-0.39, 0.29) is 24.4 Å². The van der Waals surface area contributed by atoms with Crippen LogP contribution in [0.3, 0.4) is 0 Å². The quantitative estimate of drug-likeness (QED) is 0.809. The summed E-state index contributed by atoms with van der Waals surface area (Å²) >= 11 is 0. The molecule has 2 rings (SSSR count). The van der Waals surface area contributed by atoms with Crippen LogP contribution < -0.4 is 0 Å². The van der Waals surface area contributed by atoms with E-state index < -0.39 is 0 Å². The van der Waals surface area contributed by atoms with Crippen molar-refractivity contribution < 1.29 is 14.6 Å². The number of hydrogen-bond acceptors (Lipinski definition) is 3. The Morgan fingerprint density at radius 2 is 2.06 bits per heavy atom. The van der Waals surface area contributed by atoms with Gasteiger partial charge in [0.25, 0.3) is 0 Å². The number of ether oxygens (including phenoxy) is 1. The maximum Gasteiger partial charge on any atom is 0.311 e. The molecule has 0 saturated heterocycles. The van der Waals surface area contributed by atoms with Crippen molar-refractivity contribution in [2.24, 2.45) is 23.7 Å². The number of methoxy groups -OCH3 is 1. The van der Waals surface area contributed by atoms with E-state index in [1.807, 2.05) is 18.2 Å². The second-order valence-electron chi connectivity index (χ2n) is 5.10. The minimum absolute atomic E-state index is 0.118. The zero-order chi connectivity index (χ0) is 13.1. The van der Waals surface area contributed by atoms with Gasteiger partial charge in [0.2, 0.25) is 0 Å². The Balaban J connectivity index is 1.99. The van der Waals surface area contributed by atoms with Crippen molar-refractivity contribution in [1.29, 1.82) is 0 Å². The largest absolute Gasteiger partial charge is 0.469 e. The van der Waals surface area contributed by atoms with Crippen LogP contribution in [0.25, 0.3) is 0 Å². The molecule has 1 aromatic carbocycles. The van der Waals surface area contributed by atoms with Crippen LogP contribution in [-0.2, 0) is 16.0 Å². The maximum absolute atomic E-state index is 11.6. The summed E-state index contributed by atoms with van der Waals surface area (Å²) in [5.74, 6) is 0.552. The first-order chi connectivity index (χ1) is 8.69. The van der Waals surface area contributed by atoms with Crippen LogP contribution in [0.2, 0.25) is 0 Å². The summed E-state index contributed by atoms with van der Waals surface area (Å²) in [4.78, 5) is 11.6. The molecule has 0 spiro atoms. The summed E-state index contributed by atoms with van der Waals surface area (Å²) in [5.41, 5.74) is 1.29. The monoisotopic (exact) mass is 248 g/mol. The molecule has 1 aliphatic carbocycles. The number of rotatable bonds is 5. The lowest BCUT2D eigenvalue weighted by molar-refractivity contribution is -0.148. The second-order valence-corrected chi connectivity index (χ2v) is 5.10. The first-order valence-corrected chi connectivity index (χ1v) is 6.41. The first-order valence-electron chi connectivity index (χ1n) is 6.41. The van der Waals surface area contributed by atoms with Gasteiger partial charge in [-0.3, -0.25) is 4.79 Å². The zero-order valence-corrected chi connectivity index (χ0v) is 10.9. The van der Waals surface area contributed by atoms with Crippen LogP contribution in [0.5, 0.6) is 0 Å². The Kier molecular flexibility index (Phi) is 4.02. The molecule has 0 aromatic heterocycles. The smallest absolute Gasteiger partial charge is 0.311 e. The van der Waals surface area contributed by atoms with Gasteiger partial charge in [0, 0.05) is 0 Å². The molecule has 0 radical (unpaired) electrons. The Bertz CT molecular complexity index is 401. The van der Waals surface area contributed by atoms with Gasteiger partial charge in [-0.25, -0.2) is 0 Å². The molecule has 3 heteroatoms. The molecule has 0 amide bonds. The van der Waals surface area contributed by atoms with Gasteiger partial charge in [-0.05, 0) is 29.7 Å². The van der Waals surface area contributed by atoms with E-state index in [1.54, 1.807) is 0 Å². The van der Waals surface area contributed by atoms with Crippen LogP contribution in [0.4, 0.5) is 0 Å². The van der Waals surface area contributed by atoms with E-state index in [0.29, 0.717) is 11.8 Å². The Morgan fingerprint density at radius 3 is 2.61 bits per heavy atom. The molecule has 0 bridgehead atoms. The van der Waals surface area contributed by atoms with Crippen molar-refractivity contribution in [3.63, 3.8) is 0 Å². The summed E-state index contributed by atoms with van der Waals surface area (Å²) in [6, 6.07) is 10.3. The molecular formula is C15H20O3. The molecule has 1 aromatic rings. The van der Waals surface area contributed by atoms with Gasteiger partial charge in [-0.15, -0.1) is 0 Å². The lowest BCUT2D eigenvalue weighted by Crippen LogP contribution is -2.23. The van der Waals surface area contributed by atoms with Crippen molar-refractivity contribution in [1.82, 2.24) is 0 Å². The lowest BCUT2D eigenvalue weighted by atomic mass is 10.00. The Hall–Kier alpha value is -1.35. The van der Waals surface area contributed by atoms with Gasteiger partial charge in [0.05, 0.1) is 19.6 Å².